The van der Waals surface area contributed by atoms with Crippen LogP contribution in [0.2, 0.25) is 0 Å². The summed E-state index contributed by atoms with van der Waals surface area (Å²) in [4.78, 5) is 98.0. The molecule has 0 radical (unpaired) electrons. The van der Waals surface area contributed by atoms with E-state index >= 15 is 0 Å². The molecule has 0 unspecified atom stereocenters. The van der Waals surface area contributed by atoms with Gasteiger partial charge in [-0.3, -0.25) is 0 Å². The van der Waals surface area contributed by atoms with Crippen molar-refractivity contribution in [1.29, 1.82) is 0 Å². The minimum Gasteiger partial charge on any atom is -0.459 e. The number of ether oxygens (including phenoxy) is 10. The second-order valence-electron chi connectivity index (χ2n) is 17.8. The van der Waals surface area contributed by atoms with Gasteiger partial charge >= 0.3 is 41.8 Å². The molecule has 0 saturated carbocycles. The van der Waals surface area contributed by atoms with Crippen molar-refractivity contribution in [3.05, 3.63) is 251 Å². The first kappa shape index (κ1) is 54.5. The van der Waals surface area contributed by atoms with Gasteiger partial charge in [-0.2, -0.15) is 0 Å². The molecule has 18 heteroatoms. The molecule has 2 aliphatic heterocycles. The highest BCUT2D eigenvalue weighted by Crippen LogP contribution is 2.35. The van der Waals surface area contributed by atoms with Crippen molar-refractivity contribution < 1.29 is 86.0 Å². The van der Waals surface area contributed by atoms with Crippen molar-refractivity contribution >= 4 is 41.8 Å². The molecular formula is C61H50O18. The molecule has 2 heterocycles. The van der Waals surface area contributed by atoms with E-state index in [1.165, 1.54) is 84.9 Å². The average Bonchev–Trinajstić information content (AvgIpc) is 3.59. The lowest BCUT2D eigenvalue weighted by Crippen LogP contribution is -2.65. The lowest BCUT2D eigenvalue weighted by Gasteiger charge is -2.46. The number of benzene rings is 7. The molecule has 0 amide bonds. The molecule has 10 atom stereocenters. The number of carbonyl (C=O) groups excluding carboxylic acids is 7. The van der Waals surface area contributed by atoms with Gasteiger partial charge in [0.1, 0.15) is 18.8 Å². The van der Waals surface area contributed by atoms with Gasteiger partial charge in [-0.05, 0) is 84.9 Å². The summed E-state index contributed by atoms with van der Waals surface area (Å²) >= 11 is 0. The molecule has 2 saturated heterocycles. The maximum absolute atomic E-state index is 14.3. The molecule has 7 aromatic rings. The summed E-state index contributed by atoms with van der Waals surface area (Å²) < 4.78 is 61.4. The second kappa shape index (κ2) is 26.1. The second-order valence-corrected chi connectivity index (χ2v) is 17.8. The third-order valence-electron chi connectivity index (χ3n) is 12.5. The fourth-order valence-electron chi connectivity index (χ4n) is 8.58. The molecule has 18 nitrogen and oxygen atoms in total. The van der Waals surface area contributed by atoms with Gasteiger partial charge in [0.25, 0.3) is 0 Å². The van der Waals surface area contributed by atoms with Crippen molar-refractivity contribution in [2.24, 2.45) is 0 Å². The number of esters is 7. The molecule has 9 rings (SSSR count). The number of aliphatic hydroxyl groups is 1. The normalized spacial score (nSPS) is 22.4. The van der Waals surface area contributed by atoms with Gasteiger partial charge in [-0.1, -0.05) is 127 Å². The van der Waals surface area contributed by atoms with E-state index in [-0.39, 0.29) is 38.9 Å². The maximum atomic E-state index is 14.3. The molecule has 402 valence electrons. The lowest BCUT2D eigenvalue weighted by molar-refractivity contribution is -0.323. The zero-order valence-corrected chi connectivity index (χ0v) is 41.8. The van der Waals surface area contributed by atoms with Gasteiger partial charge in [0.05, 0.1) is 45.6 Å². The Kier molecular flexibility index (Phi) is 18.0. The van der Waals surface area contributed by atoms with Crippen molar-refractivity contribution in [2.45, 2.75) is 61.4 Å². The van der Waals surface area contributed by atoms with Gasteiger partial charge in [-0.25, -0.2) is 33.6 Å². The minimum absolute atomic E-state index is 0.0249. The average molecular weight is 1070 g/mol. The van der Waals surface area contributed by atoms with Crippen LogP contribution in [0.1, 0.15) is 72.5 Å². The van der Waals surface area contributed by atoms with E-state index in [1.54, 1.807) is 127 Å². The van der Waals surface area contributed by atoms with Crippen molar-refractivity contribution in [3.8, 4) is 0 Å². The molecule has 0 spiro atoms. The van der Waals surface area contributed by atoms with Crippen LogP contribution >= 0.6 is 0 Å². The Morgan fingerprint density at radius 3 is 0.886 bits per heavy atom. The highest BCUT2D eigenvalue weighted by molar-refractivity contribution is 5.93. The Bertz CT molecular complexity index is 3170. The van der Waals surface area contributed by atoms with Crippen LogP contribution in [0, 0.1) is 0 Å². The SMILES string of the molecule is O=C(OC[C@H]1O[C@@H](OC[C@H]2O[C@H](O)[C@H](OC(=O)c3ccccc3)[C@@H](OC(=O)c3ccccc3)[C@H]2OC(=O)c2ccccc2)[C@H](OC(=O)c2ccccc2)[C@@H](OC(=O)c2ccccc2)[C@H]1OC(=O)c1ccccc1)c1ccccc1. The molecule has 0 aromatic heterocycles. The summed E-state index contributed by atoms with van der Waals surface area (Å²) in [7, 11) is 0. The zero-order valence-electron chi connectivity index (χ0n) is 41.8. The number of carbonyl (C=O) groups is 7. The summed E-state index contributed by atoms with van der Waals surface area (Å²) in [5, 5.41) is 11.9. The van der Waals surface area contributed by atoms with E-state index in [0.717, 1.165) is 0 Å². The maximum Gasteiger partial charge on any atom is 0.338 e. The first-order valence-corrected chi connectivity index (χ1v) is 24.9. The van der Waals surface area contributed by atoms with E-state index in [9.17, 15) is 38.7 Å². The van der Waals surface area contributed by atoms with Crippen molar-refractivity contribution in [2.75, 3.05) is 13.2 Å². The third-order valence-corrected chi connectivity index (χ3v) is 12.5. The molecule has 0 bridgehead atoms. The van der Waals surface area contributed by atoms with Gasteiger partial charge < -0.3 is 52.5 Å². The van der Waals surface area contributed by atoms with Crippen LogP contribution in [-0.4, -0.2) is 122 Å². The molecule has 79 heavy (non-hydrogen) atoms. The van der Waals surface area contributed by atoms with Gasteiger partial charge in [0.2, 0.25) is 0 Å². The van der Waals surface area contributed by atoms with E-state index in [4.69, 9.17) is 47.4 Å². The molecule has 2 aliphatic rings. The minimum atomic E-state index is -2.12. The van der Waals surface area contributed by atoms with E-state index in [1.807, 2.05) is 0 Å². The number of hydrogen-bond acceptors (Lipinski definition) is 18. The van der Waals surface area contributed by atoms with E-state index < -0.39 is 116 Å². The Labute approximate surface area is 452 Å². The van der Waals surface area contributed by atoms with Crippen LogP contribution in [0.5, 0.6) is 0 Å². The van der Waals surface area contributed by atoms with Crippen LogP contribution in [0.3, 0.4) is 0 Å². The standard InChI is InChI=1S/C61H50O18/c62-53(38-22-8-1-9-23-38)70-36-46-48(75-55(64)40-26-12-3-13-27-40)50(77-57(66)42-30-16-5-17-31-42)52(79-59(68)44-34-20-7-21-35-44)61(73-46)71-37-45-47(74-54(63)39-24-10-2-11-25-39)49(76-56(65)41-28-14-4-15-29-41)51(60(69)72-45)78-58(67)43-32-18-6-19-33-43/h1-35,45-52,60-61,69H,36-37H2/t45-,46-,47+,48+,49+,50+,51-,52-,60+,61-/m1/s1. The van der Waals surface area contributed by atoms with Crippen molar-refractivity contribution in [1.82, 2.24) is 0 Å². The summed E-state index contributed by atoms with van der Waals surface area (Å²) in [6, 6.07) is 54.3. The lowest BCUT2D eigenvalue weighted by atomic mass is 9.96. The summed E-state index contributed by atoms with van der Waals surface area (Å²) in [5.41, 5.74) is 0.388. The largest absolute Gasteiger partial charge is 0.459 e. The monoisotopic (exact) mass is 1070 g/mol. The van der Waals surface area contributed by atoms with E-state index in [0.29, 0.717) is 0 Å². The van der Waals surface area contributed by atoms with Crippen LogP contribution in [0.4, 0.5) is 0 Å². The third kappa shape index (κ3) is 13.8. The first-order chi connectivity index (χ1) is 38.5. The predicted octanol–water partition coefficient (Wildman–Crippen LogP) is 7.66. The summed E-state index contributed by atoms with van der Waals surface area (Å²) in [6.45, 7) is -1.50. The Hall–Kier alpha value is -9.33. The topological polar surface area (TPSA) is 232 Å². The van der Waals surface area contributed by atoms with Gasteiger partial charge in [-0.15, -0.1) is 0 Å². The van der Waals surface area contributed by atoms with Crippen molar-refractivity contribution in [3.63, 3.8) is 0 Å². The molecule has 7 aromatic carbocycles. The highest BCUT2D eigenvalue weighted by Gasteiger charge is 2.56. The number of hydrogen-bond donors (Lipinski definition) is 1. The Balaban J connectivity index is 1.12. The van der Waals surface area contributed by atoms with Crippen LogP contribution in [0.15, 0.2) is 212 Å². The number of rotatable bonds is 18. The highest BCUT2D eigenvalue weighted by atomic mass is 16.7. The van der Waals surface area contributed by atoms with Crippen LogP contribution in [-0.2, 0) is 47.4 Å². The smallest absolute Gasteiger partial charge is 0.338 e. The first-order valence-electron chi connectivity index (χ1n) is 24.9. The molecular weight excluding hydrogens is 1020 g/mol. The van der Waals surface area contributed by atoms with E-state index in [2.05, 4.69) is 0 Å². The van der Waals surface area contributed by atoms with Crippen LogP contribution < -0.4 is 0 Å². The molecule has 0 aliphatic carbocycles. The Morgan fingerprint density at radius 1 is 0.304 bits per heavy atom. The number of aliphatic hydroxyl groups excluding tert-OH is 1. The molecule has 1 N–H and O–H groups in total. The zero-order chi connectivity index (χ0) is 55.1. The fraction of sp³-hybridized carbons (Fsp3) is 0.197. The summed E-state index contributed by atoms with van der Waals surface area (Å²) in [5.74, 6) is -6.63. The molecule has 2 fully saturated rings. The fourth-order valence-corrected chi connectivity index (χ4v) is 8.58. The van der Waals surface area contributed by atoms with Gasteiger partial charge in [0, 0.05) is 0 Å². The Morgan fingerprint density at radius 2 is 0.557 bits per heavy atom. The van der Waals surface area contributed by atoms with Gasteiger partial charge in [0.15, 0.2) is 49.2 Å². The predicted molar refractivity (Wildman–Crippen MR) is 276 cm³/mol. The quantitative estimate of drug-likeness (QED) is 0.0642. The van der Waals surface area contributed by atoms with Crippen LogP contribution in [0.25, 0.3) is 0 Å². The summed E-state index contributed by atoms with van der Waals surface area (Å²) in [6.07, 6.45) is -18.2.